The first-order valence-electron chi connectivity index (χ1n) is 11.5. The lowest BCUT2D eigenvalue weighted by Gasteiger charge is -2.13. The number of anilines is 1. The van der Waals surface area contributed by atoms with Crippen LogP contribution in [0.5, 0.6) is 11.5 Å². The number of primary amides is 1. The highest BCUT2D eigenvalue weighted by molar-refractivity contribution is 6.06. The van der Waals surface area contributed by atoms with E-state index in [1.54, 1.807) is 31.6 Å². The van der Waals surface area contributed by atoms with Gasteiger partial charge >= 0.3 is 0 Å². The SMILES string of the molecule is CCOc1ccc(-c2coc3c(C)c(OC)c(/C(C)=C/C(=O)Nc4cccc(C(N)=O)c4)cc23)cc1. The molecule has 7 heteroatoms. The van der Waals surface area contributed by atoms with Gasteiger partial charge in [-0.3, -0.25) is 9.59 Å². The number of allylic oxidation sites excluding steroid dienone is 1. The molecule has 7 nitrogen and oxygen atoms in total. The van der Waals surface area contributed by atoms with Crippen LogP contribution in [-0.4, -0.2) is 25.5 Å². The summed E-state index contributed by atoms with van der Waals surface area (Å²) in [6, 6.07) is 16.3. The molecule has 0 bridgehead atoms. The normalized spacial score (nSPS) is 11.4. The molecule has 2 amide bonds. The Morgan fingerprint density at radius 1 is 1.11 bits per heavy atom. The Kier molecular flexibility index (Phi) is 7.10. The van der Waals surface area contributed by atoms with Gasteiger partial charge in [-0.1, -0.05) is 18.2 Å². The molecule has 4 rings (SSSR count). The minimum atomic E-state index is -0.560. The molecule has 0 atom stereocenters. The Balaban J connectivity index is 1.71. The number of furan rings is 1. The van der Waals surface area contributed by atoms with E-state index in [1.165, 1.54) is 12.1 Å². The van der Waals surface area contributed by atoms with Crippen molar-refractivity contribution >= 4 is 34.0 Å². The van der Waals surface area contributed by atoms with Crippen molar-refractivity contribution < 1.29 is 23.5 Å². The van der Waals surface area contributed by atoms with Crippen LogP contribution in [0.4, 0.5) is 5.69 Å². The fourth-order valence-electron chi connectivity index (χ4n) is 4.20. The quantitative estimate of drug-likeness (QED) is 0.301. The van der Waals surface area contributed by atoms with Gasteiger partial charge in [-0.2, -0.15) is 0 Å². The highest BCUT2D eigenvalue weighted by Crippen LogP contribution is 2.40. The Labute approximate surface area is 209 Å². The van der Waals surface area contributed by atoms with Gasteiger partial charge < -0.3 is 24.9 Å². The number of methoxy groups -OCH3 is 1. The number of carbonyl (C=O) groups excluding carboxylic acids is 2. The number of aryl methyl sites for hydroxylation is 1. The Morgan fingerprint density at radius 2 is 1.86 bits per heavy atom. The number of fused-ring (bicyclic) bond motifs is 1. The van der Waals surface area contributed by atoms with E-state index in [0.29, 0.717) is 29.2 Å². The summed E-state index contributed by atoms with van der Waals surface area (Å²) < 4.78 is 17.2. The largest absolute Gasteiger partial charge is 0.496 e. The molecular formula is C29H28N2O5. The molecule has 0 saturated carbocycles. The molecule has 1 heterocycles. The van der Waals surface area contributed by atoms with Crippen LogP contribution in [0.3, 0.4) is 0 Å². The lowest BCUT2D eigenvalue weighted by atomic mass is 9.96. The van der Waals surface area contributed by atoms with E-state index in [2.05, 4.69) is 5.32 Å². The molecule has 0 spiro atoms. The van der Waals surface area contributed by atoms with E-state index in [4.69, 9.17) is 19.6 Å². The second-order valence-corrected chi connectivity index (χ2v) is 8.33. The number of rotatable bonds is 8. The van der Waals surface area contributed by atoms with E-state index < -0.39 is 5.91 Å². The molecule has 0 radical (unpaired) electrons. The molecule has 1 aromatic heterocycles. The molecule has 4 aromatic rings. The summed E-state index contributed by atoms with van der Waals surface area (Å²) in [5.41, 5.74) is 11.1. The first-order valence-corrected chi connectivity index (χ1v) is 11.5. The van der Waals surface area contributed by atoms with E-state index in [-0.39, 0.29) is 5.91 Å². The van der Waals surface area contributed by atoms with Crippen molar-refractivity contribution in [1.29, 1.82) is 0 Å². The minimum Gasteiger partial charge on any atom is -0.496 e. The third-order valence-corrected chi connectivity index (χ3v) is 5.91. The number of ether oxygens (including phenoxy) is 2. The van der Waals surface area contributed by atoms with Crippen molar-refractivity contribution in [2.45, 2.75) is 20.8 Å². The van der Waals surface area contributed by atoms with Gasteiger partial charge in [0.25, 0.3) is 0 Å². The molecule has 0 fully saturated rings. The monoisotopic (exact) mass is 484 g/mol. The van der Waals surface area contributed by atoms with Gasteiger partial charge in [0.2, 0.25) is 11.8 Å². The van der Waals surface area contributed by atoms with Crippen LogP contribution in [-0.2, 0) is 4.79 Å². The number of benzene rings is 3. The van der Waals surface area contributed by atoms with Crippen LogP contribution >= 0.6 is 0 Å². The van der Waals surface area contributed by atoms with Gasteiger partial charge in [-0.15, -0.1) is 0 Å². The molecule has 3 N–H and O–H groups in total. The van der Waals surface area contributed by atoms with Crippen molar-refractivity contribution in [3.05, 3.63) is 83.6 Å². The predicted molar refractivity (Wildman–Crippen MR) is 141 cm³/mol. The predicted octanol–water partition coefficient (Wildman–Crippen LogP) is 5.96. The van der Waals surface area contributed by atoms with Gasteiger partial charge in [0.15, 0.2) is 0 Å². The maximum Gasteiger partial charge on any atom is 0.248 e. The van der Waals surface area contributed by atoms with Gasteiger partial charge in [-0.05, 0) is 68.3 Å². The highest BCUT2D eigenvalue weighted by Gasteiger charge is 2.19. The third-order valence-electron chi connectivity index (χ3n) is 5.91. The van der Waals surface area contributed by atoms with Crippen molar-refractivity contribution in [2.75, 3.05) is 19.0 Å². The summed E-state index contributed by atoms with van der Waals surface area (Å²) in [7, 11) is 1.59. The molecule has 184 valence electrons. The number of nitrogens with one attached hydrogen (secondary N) is 1. The number of hydrogen-bond donors (Lipinski definition) is 2. The smallest absolute Gasteiger partial charge is 0.248 e. The molecule has 0 saturated heterocycles. The van der Waals surface area contributed by atoms with E-state index in [0.717, 1.165) is 39.0 Å². The van der Waals surface area contributed by atoms with Crippen LogP contribution in [0.15, 0.2) is 71.4 Å². The first-order chi connectivity index (χ1) is 17.3. The fourth-order valence-corrected chi connectivity index (χ4v) is 4.20. The standard InChI is InChI=1S/C29H28N2O5/c1-5-35-22-11-9-19(10-12-22)25-16-36-28-18(3)27(34-4)23(15-24(25)28)17(2)13-26(32)31-21-8-6-7-20(14-21)29(30)33/h6-16H,5H2,1-4H3,(H2,30,33)(H,31,32)/b17-13+. The van der Waals surface area contributed by atoms with Gasteiger partial charge in [0.1, 0.15) is 17.1 Å². The average molecular weight is 485 g/mol. The topological polar surface area (TPSA) is 104 Å². The lowest BCUT2D eigenvalue weighted by molar-refractivity contribution is -0.111. The van der Waals surface area contributed by atoms with Gasteiger partial charge in [-0.25, -0.2) is 0 Å². The van der Waals surface area contributed by atoms with Crippen LogP contribution in [0, 0.1) is 6.92 Å². The summed E-state index contributed by atoms with van der Waals surface area (Å²) in [5.74, 6) is 0.536. The molecule has 36 heavy (non-hydrogen) atoms. The lowest BCUT2D eigenvalue weighted by Crippen LogP contribution is -2.13. The number of nitrogens with two attached hydrogens (primary N) is 1. The van der Waals surface area contributed by atoms with Crippen molar-refractivity contribution in [1.82, 2.24) is 0 Å². The number of amides is 2. The summed E-state index contributed by atoms with van der Waals surface area (Å²) in [4.78, 5) is 24.2. The number of carbonyl (C=O) groups is 2. The molecule has 0 aliphatic heterocycles. The second kappa shape index (κ2) is 10.4. The summed E-state index contributed by atoms with van der Waals surface area (Å²) in [6.45, 7) is 6.33. The zero-order valence-electron chi connectivity index (χ0n) is 20.7. The van der Waals surface area contributed by atoms with Crippen LogP contribution in [0.25, 0.3) is 27.7 Å². The maximum atomic E-state index is 12.8. The van der Waals surface area contributed by atoms with E-state index >= 15 is 0 Å². The van der Waals surface area contributed by atoms with E-state index in [1.807, 2.05) is 51.1 Å². The molecule has 0 aliphatic carbocycles. The summed E-state index contributed by atoms with van der Waals surface area (Å²) >= 11 is 0. The molecule has 0 aliphatic rings. The van der Waals surface area contributed by atoms with Crippen molar-refractivity contribution in [3.8, 4) is 22.6 Å². The van der Waals surface area contributed by atoms with Crippen LogP contribution < -0.4 is 20.5 Å². The Hall–Kier alpha value is -4.52. The zero-order chi connectivity index (χ0) is 25.8. The Morgan fingerprint density at radius 3 is 2.53 bits per heavy atom. The number of hydrogen-bond acceptors (Lipinski definition) is 5. The zero-order valence-corrected chi connectivity index (χ0v) is 20.7. The van der Waals surface area contributed by atoms with Crippen molar-refractivity contribution in [3.63, 3.8) is 0 Å². The highest BCUT2D eigenvalue weighted by atomic mass is 16.5. The second-order valence-electron chi connectivity index (χ2n) is 8.33. The van der Waals surface area contributed by atoms with Gasteiger partial charge in [0.05, 0.1) is 20.0 Å². The molecular weight excluding hydrogens is 456 g/mol. The third kappa shape index (κ3) is 4.95. The van der Waals surface area contributed by atoms with Crippen molar-refractivity contribution in [2.24, 2.45) is 5.73 Å². The van der Waals surface area contributed by atoms with Gasteiger partial charge in [0, 0.05) is 39.4 Å². The average Bonchev–Trinajstić information content (AvgIpc) is 3.29. The van der Waals surface area contributed by atoms with Crippen LogP contribution in [0.1, 0.15) is 35.3 Å². The summed E-state index contributed by atoms with van der Waals surface area (Å²) in [5, 5.41) is 3.69. The maximum absolute atomic E-state index is 12.8. The fraction of sp³-hybridized carbons (Fsp3) is 0.172. The molecule has 0 unspecified atom stereocenters. The van der Waals surface area contributed by atoms with E-state index in [9.17, 15) is 9.59 Å². The van der Waals surface area contributed by atoms with Crippen LogP contribution in [0.2, 0.25) is 0 Å². The first kappa shape index (κ1) is 24.6. The summed E-state index contributed by atoms with van der Waals surface area (Å²) in [6.07, 6.45) is 3.23. The Bertz CT molecular complexity index is 1470. The minimum absolute atomic E-state index is 0.318. The molecule has 3 aromatic carbocycles.